The van der Waals surface area contributed by atoms with Crippen LogP contribution in [0.25, 0.3) is 0 Å². The molecule has 3 fully saturated rings. The fourth-order valence-corrected chi connectivity index (χ4v) is 13.1. The smallest absolute Gasteiger partial charge is 0.220 e. The van der Waals surface area contributed by atoms with E-state index in [1.54, 1.807) is 6.08 Å². The van der Waals surface area contributed by atoms with E-state index >= 15 is 0 Å². The lowest BCUT2D eigenvalue weighted by molar-refractivity contribution is -0.379. The van der Waals surface area contributed by atoms with Crippen molar-refractivity contribution in [1.82, 2.24) is 5.32 Å². The van der Waals surface area contributed by atoms with Crippen LogP contribution < -0.4 is 5.32 Å². The molecule has 0 bridgehead atoms. The highest BCUT2D eigenvalue weighted by Gasteiger charge is 2.53. The van der Waals surface area contributed by atoms with Crippen molar-refractivity contribution < 1.29 is 89.4 Å². The number of carbonyl (C=O) groups is 1. The van der Waals surface area contributed by atoms with E-state index in [1.165, 1.54) is 225 Å². The molecule has 548 valence electrons. The first-order valence-electron chi connectivity index (χ1n) is 38.1. The Bertz CT molecular complexity index is 1780. The van der Waals surface area contributed by atoms with Gasteiger partial charge in [0.05, 0.1) is 38.6 Å². The topological polar surface area (TPSA) is 307 Å². The summed E-state index contributed by atoms with van der Waals surface area (Å²) in [4.78, 5) is 13.3. The lowest BCUT2D eigenvalue weighted by atomic mass is 9.96. The highest BCUT2D eigenvalue weighted by Crippen LogP contribution is 2.33. The summed E-state index contributed by atoms with van der Waals surface area (Å²) in [5.41, 5.74) is 0. The Hall–Kier alpha value is -1.73. The predicted molar refractivity (Wildman–Crippen MR) is 365 cm³/mol. The van der Waals surface area contributed by atoms with Gasteiger partial charge in [0, 0.05) is 6.42 Å². The first kappa shape index (κ1) is 85.5. The number of hydrogen-bond donors (Lipinski definition) is 12. The molecule has 3 heterocycles. The molecule has 19 heteroatoms. The molecule has 0 radical (unpaired) electrons. The second kappa shape index (κ2) is 56.1. The summed E-state index contributed by atoms with van der Waals surface area (Å²) in [6.07, 6.45) is 39.9. The van der Waals surface area contributed by atoms with Gasteiger partial charge in [-0.15, -0.1) is 0 Å². The third-order valence-corrected chi connectivity index (χ3v) is 19.2. The summed E-state index contributed by atoms with van der Waals surface area (Å²) >= 11 is 0. The Balaban J connectivity index is 1.21. The van der Waals surface area contributed by atoms with Gasteiger partial charge < -0.3 is 89.9 Å². The maximum atomic E-state index is 13.3. The van der Waals surface area contributed by atoms with Crippen LogP contribution in [0.15, 0.2) is 24.3 Å². The third-order valence-electron chi connectivity index (χ3n) is 19.2. The van der Waals surface area contributed by atoms with Gasteiger partial charge in [0.1, 0.15) is 73.2 Å². The first-order valence-corrected chi connectivity index (χ1v) is 38.1. The van der Waals surface area contributed by atoms with Gasteiger partial charge in [0.2, 0.25) is 5.91 Å². The molecule has 3 aliphatic heterocycles. The Morgan fingerprint density at radius 1 is 0.376 bits per heavy atom. The average molecular weight is 1330 g/mol. The maximum Gasteiger partial charge on any atom is 0.220 e. The summed E-state index contributed by atoms with van der Waals surface area (Å²) in [6.45, 7) is 1.68. The van der Waals surface area contributed by atoms with Crippen LogP contribution in [0.4, 0.5) is 0 Å². The van der Waals surface area contributed by atoms with Crippen LogP contribution in [0.5, 0.6) is 0 Å². The number of amides is 1. The van der Waals surface area contributed by atoms with E-state index in [9.17, 15) is 61.0 Å². The normalized spacial score (nSPS) is 27.6. The van der Waals surface area contributed by atoms with Gasteiger partial charge in [-0.05, 0) is 44.9 Å². The number of aliphatic hydroxyl groups is 11. The summed E-state index contributed by atoms with van der Waals surface area (Å²) in [5.74, 6) is -0.275. The zero-order valence-electron chi connectivity index (χ0n) is 58.3. The second-order valence-corrected chi connectivity index (χ2v) is 27.5. The van der Waals surface area contributed by atoms with Gasteiger partial charge in [-0.1, -0.05) is 282 Å². The molecule has 3 aliphatic rings. The molecule has 0 aromatic heterocycles. The standard InChI is InChI=1S/C74H139NO18/c1-3-5-7-9-11-12-13-14-15-16-17-18-19-20-21-22-23-24-25-26-27-28-29-30-31-32-33-34-35-36-37-38-39-40-41-42-43-44-46-48-50-52-62(80)75-57(58(79)51-49-47-45-10-8-6-4-2)56-88-72-68(86)65(83)70(60(54-77)90-72)93-74-69(87)66(84)71(61(55-78)91-74)92-73-67(85)64(82)63(81)59(53-76)89-73/h16-17,49,51,57-61,63-74,76-79,81-87H,3-15,18-48,50,52-56H2,1-2H3,(H,75,80)/b17-16-,51-49+. The van der Waals surface area contributed by atoms with E-state index in [1.807, 2.05) is 6.08 Å². The van der Waals surface area contributed by atoms with Crippen molar-refractivity contribution in [3.63, 3.8) is 0 Å². The summed E-state index contributed by atoms with van der Waals surface area (Å²) in [7, 11) is 0. The molecule has 0 saturated carbocycles. The third kappa shape index (κ3) is 37.3. The van der Waals surface area contributed by atoms with E-state index in [-0.39, 0.29) is 18.9 Å². The first-order chi connectivity index (χ1) is 45.3. The number of nitrogens with one attached hydrogen (secondary N) is 1. The molecule has 3 saturated heterocycles. The number of hydrogen-bond acceptors (Lipinski definition) is 18. The van der Waals surface area contributed by atoms with Crippen molar-refractivity contribution in [2.24, 2.45) is 0 Å². The van der Waals surface area contributed by atoms with Crippen molar-refractivity contribution in [2.75, 3.05) is 26.4 Å². The molecule has 0 aromatic rings. The van der Waals surface area contributed by atoms with Crippen molar-refractivity contribution in [2.45, 2.75) is 413 Å². The minimum absolute atomic E-state index is 0.248. The molecular formula is C74H139NO18. The molecule has 19 nitrogen and oxygen atoms in total. The summed E-state index contributed by atoms with van der Waals surface area (Å²) < 4.78 is 34.2. The molecule has 0 aliphatic carbocycles. The molecule has 3 rings (SSSR count). The zero-order valence-corrected chi connectivity index (χ0v) is 58.3. The molecule has 1 amide bonds. The van der Waals surface area contributed by atoms with E-state index in [4.69, 9.17) is 28.4 Å². The maximum absolute atomic E-state index is 13.3. The molecule has 17 atom stereocenters. The van der Waals surface area contributed by atoms with Gasteiger partial charge in [-0.3, -0.25) is 4.79 Å². The molecule has 0 aromatic carbocycles. The Morgan fingerprint density at radius 2 is 0.677 bits per heavy atom. The Kier molecular flexibility index (Phi) is 51.5. The van der Waals surface area contributed by atoms with Gasteiger partial charge in [0.15, 0.2) is 18.9 Å². The lowest BCUT2D eigenvalue weighted by Crippen LogP contribution is -2.66. The Labute approximate surface area is 562 Å². The highest BCUT2D eigenvalue weighted by atomic mass is 16.8. The average Bonchev–Trinajstić information content (AvgIpc) is 0.849. The van der Waals surface area contributed by atoms with Crippen molar-refractivity contribution in [1.29, 1.82) is 0 Å². The lowest BCUT2D eigenvalue weighted by Gasteiger charge is -2.48. The van der Waals surface area contributed by atoms with E-state index in [0.29, 0.717) is 6.42 Å². The summed E-state index contributed by atoms with van der Waals surface area (Å²) in [6, 6.07) is -0.967. The summed E-state index contributed by atoms with van der Waals surface area (Å²) in [5, 5.41) is 120. The molecule has 12 N–H and O–H groups in total. The number of ether oxygens (including phenoxy) is 6. The van der Waals surface area contributed by atoms with Crippen LogP contribution in [0.2, 0.25) is 0 Å². The zero-order chi connectivity index (χ0) is 67.5. The quantitative estimate of drug-likeness (QED) is 0.0199. The largest absolute Gasteiger partial charge is 0.394 e. The van der Waals surface area contributed by atoms with Crippen molar-refractivity contribution >= 4 is 5.91 Å². The van der Waals surface area contributed by atoms with Crippen LogP contribution in [-0.2, 0) is 33.2 Å². The van der Waals surface area contributed by atoms with E-state index in [0.717, 1.165) is 57.8 Å². The Morgan fingerprint density at radius 3 is 1.04 bits per heavy atom. The van der Waals surface area contributed by atoms with E-state index < -0.39 is 124 Å². The molecule has 0 spiro atoms. The van der Waals surface area contributed by atoms with Crippen molar-refractivity contribution in [3.8, 4) is 0 Å². The monoisotopic (exact) mass is 1330 g/mol. The number of rotatable bonds is 60. The van der Waals surface area contributed by atoms with Gasteiger partial charge in [0.25, 0.3) is 0 Å². The van der Waals surface area contributed by atoms with Crippen LogP contribution >= 0.6 is 0 Å². The minimum Gasteiger partial charge on any atom is -0.394 e. The van der Waals surface area contributed by atoms with Gasteiger partial charge in [-0.25, -0.2) is 0 Å². The van der Waals surface area contributed by atoms with Crippen LogP contribution in [0.1, 0.15) is 309 Å². The second-order valence-electron chi connectivity index (χ2n) is 27.5. The SMILES string of the molecule is CCCCCCC/C=C/C(O)C(COC1OC(CO)C(OC2OC(CO)C(OC3OC(CO)C(O)C(O)C3O)C(O)C2O)C(O)C1O)NC(=O)CCCCCCCCCCCCCCCCCCCCCCCCCCCCCCC/C=C\CCCCCCCCCC. The number of unbranched alkanes of at least 4 members (excludes halogenated alkanes) is 42. The van der Waals surface area contributed by atoms with Crippen LogP contribution in [0, 0.1) is 0 Å². The number of carbonyl (C=O) groups excluding carboxylic acids is 1. The number of aliphatic hydroxyl groups excluding tert-OH is 11. The fraction of sp³-hybridized carbons (Fsp3) is 0.932. The van der Waals surface area contributed by atoms with Crippen molar-refractivity contribution in [3.05, 3.63) is 24.3 Å². The molecule has 17 unspecified atom stereocenters. The highest BCUT2D eigenvalue weighted by molar-refractivity contribution is 5.76. The molecular weight excluding hydrogens is 1190 g/mol. The fourth-order valence-electron chi connectivity index (χ4n) is 13.1. The van der Waals surface area contributed by atoms with Gasteiger partial charge >= 0.3 is 0 Å². The number of allylic oxidation sites excluding steroid dienone is 3. The minimum atomic E-state index is -1.97. The molecule has 93 heavy (non-hydrogen) atoms. The van der Waals surface area contributed by atoms with Crippen LogP contribution in [-0.4, -0.2) is 193 Å². The van der Waals surface area contributed by atoms with E-state index in [2.05, 4.69) is 31.3 Å². The predicted octanol–water partition coefficient (Wildman–Crippen LogP) is 11.4. The van der Waals surface area contributed by atoms with Gasteiger partial charge in [-0.2, -0.15) is 0 Å². The van der Waals surface area contributed by atoms with Crippen LogP contribution in [0.3, 0.4) is 0 Å².